The summed E-state index contributed by atoms with van der Waals surface area (Å²) < 4.78 is 1.91. The van der Waals surface area contributed by atoms with Crippen LogP contribution in [0, 0.1) is 0 Å². The van der Waals surface area contributed by atoms with Crippen molar-refractivity contribution in [1.82, 2.24) is 24.7 Å². The molecule has 0 aliphatic heterocycles. The standard InChI is InChI=1S/C13H10N6/c14-13-11-12(8-3-1-2-4-9(8)17-13)19(7-15-11)10-5-6-16-18-10/h1-7H,(H2,14,17)(H,16,18). The van der Waals surface area contributed by atoms with Crippen LogP contribution in [0.5, 0.6) is 0 Å². The summed E-state index contributed by atoms with van der Waals surface area (Å²) in [5.74, 6) is 1.21. The third kappa shape index (κ3) is 1.33. The van der Waals surface area contributed by atoms with Crippen molar-refractivity contribution >= 4 is 27.8 Å². The van der Waals surface area contributed by atoms with Gasteiger partial charge in [-0.05, 0) is 6.07 Å². The molecule has 0 bridgehead atoms. The van der Waals surface area contributed by atoms with Crippen molar-refractivity contribution in [3.8, 4) is 5.82 Å². The molecule has 0 radical (unpaired) electrons. The minimum absolute atomic E-state index is 0.433. The summed E-state index contributed by atoms with van der Waals surface area (Å²) in [6.45, 7) is 0. The Labute approximate surface area is 107 Å². The highest BCUT2D eigenvalue weighted by Gasteiger charge is 2.13. The van der Waals surface area contributed by atoms with Crippen LogP contribution in [0.25, 0.3) is 27.8 Å². The lowest BCUT2D eigenvalue weighted by Crippen LogP contribution is -1.96. The molecule has 6 heteroatoms. The van der Waals surface area contributed by atoms with Crippen LogP contribution in [0.15, 0.2) is 42.9 Å². The van der Waals surface area contributed by atoms with Gasteiger partial charge in [0.05, 0.1) is 11.0 Å². The van der Waals surface area contributed by atoms with Crippen molar-refractivity contribution in [3.63, 3.8) is 0 Å². The van der Waals surface area contributed by atoms with Crippen molar-refractivity contribution in [3.05, 3.63) is 42.9 Å². The summed E-state index contributed by atoms with van der Waals surface area (Å²) >= 11 is 0. The molecule has 6 nitrogen and oxygen atoms in total. The van der Waals surface area contributed by atoms with Crippen LogP contribution in [-0.4, -0.2) is 24.7 Å². The molecule has 3 aromatic heterocycles. The number of hydrogen-bond acceptors (Lipinski definition) is 4. The number of pyridine rings is 1. The van der Waals surface area contributed by atoms with Gasteiger partial charge in [0.2, 0.25) is 0 Å². The van der Waals surface area contributed by atoms with Crippen molar-refractivity contribution in [2.24, 2.45) is 0 Å². The summed E-state index contributed by atoms with van der Waals surface area (Å²) in [5.41, 5.74) is 8.45. The lowest BCUT2D eigenvalue weighted by Gasteiger charge is -2.04. The highest BCUT2D eigenvalue weighted by atomic mass is 15.2. The van der Waals surface area contributed by atoms with Crippen LogP contribution < -0.4 is 5.73 Å². The number of nitrogens with two attached hydrogens (primary N) is 1. The molecule has 3 heterocycles. The maximum absolute atomic E-state index is 5.97. The van der Waals surface area contributed by atoms with E-state index in [-0.39, 0.29) is 0 Å². The maximum atomic E-state index is 5.97. The van der Waals surface area contributed by atoms with Gasteiger partial charge in [0.15, 0.2) is 11.6 Å². The molecular formula is C13H10N6. The van der Waals surface area contributed by atoms with Crippen LogP contribution in [0.2, 0.25) is 0 Å². The van der Waals surface area contributed by atoms with Gasteiger partial charge in [-0.2, -0.15) is 5.10 Å². The molecule has 0 atom stereocenters. The Morgan fingerprint density at radius 1 is 1.16 bits per heavy atom. The van der Waals surface area contributed by atoms with Crippen LogP contribution in [0.3, 0.4) is 0 Å². The largest absolute Gasteiger partial charge is 0.382 e. The van der Waals surface area contributed by atoms with Gasteiger partial charge in [0, 0.05) is 17.6 Å². The summed E-state index contributed by atoms with van der Waals surface area (Å²) in [4.78, 5) is 8.72. The first-order valence-corrected chi connectivity index (χ1v) is 5.86. The Balaban J connectivity index is 2.22. The van der Waals surface area contributed by atoms with Crippen LogP contribution in [0.4, 0.5) is 5.82 Å². The molecule has 19 heavy (non-hydrogen) atoms. The highest BCUT2D eigenvalue weighted by molar-refractivity contribution is 6.06. The topological polar surface area (TPSA) is 85.4 Å². The minimum Gasteiger partial charge on any atom is -0.382 e. The quantitative estimate of drug-likeness (QED) is 0.540. The van der Waals surface area contributed by atoms with Crippen LogP contribution >= 0.6 is 0 Å². The zero-order valence-corrected chi connectivity index (χ0v) is 9.91. The third-order valence-corrected chi connectivity index (χ3v) is 3.14. The fourth-order valence-electron chi connectivity index (χ4n) is 2.31. The predicted octanol–water partition coefficient (Wildman–Crippen LogP) is 1.88. The second kappa shape index (κ2) is 3.55. The van der Waals surface area contributed by atoms with Gasteiger partial charge < -0.3 is 5.73 Å². The molecule has 0 unspecified atom stereocenters. The fraction of sp³-hybridized carbons (Fsp3) is 0. The lowest BCUT2D eigenvalue weighted by molar-refractivity contribution is 0.978. The van der Waals surface area contributed by atoms with Gasteiger partial charge in [-0.1, -0.05) is 18.2 Å². The monoisotopic (exact) mass is 250 g/mol. The van der Waals surface area contributed by atoms with E-state index in [1.54, 1.807) is 12.5 Å². The first kappa shape index (κ1) is 10.1. The van der Waals surface area contributed by atoms with Gasteiger partial charge in [-0.25, -0.2) is 9.97 Å². The Hall–Kier alpha value is -2.89. The van der Waals surface area contributed by atoms with E-state index in [1.807, 2.05) is 34.9 Å². The Morgan fingerprint density at radius 2 is 2.05 bits per heavy atom. The number of benzene rings is 1. The number of nitrogens with one attached hydrogen (secondary N) is 1. The molecule has 0 fully saturated rings. The van der Waals surface area contributed by atoms with E-state index < -0.39 is 0 Å². The summed E-state index contributed by atoms with van der Waals surface area (Å²) in [5, 5.41) is 7.99. The van der Waals surface area contributed by atoms with E-state index in [4.69, 9.17) is 5.73 Å². The van der Waals surface area contributed by atoms with Gasteiger partial charge in [-0.15, -0.1) is 0 Å². The van der Waals surface area contributed by atoms with E-state index in [1.165, 1.54) is 0 Å². The first-order chi connectivity index (χ1) is 9.34. The molecule has 3 N–H and O–H groups in total. The summed E-state index contributed by atoms with van der Waals surface area (Å²) in [7, 11) is 0. The van der Waals surface area contributed by atoms with Crippen molar-refractivity contribution < 1.29 is 0 Å². The second-order valence-corrected chi connectivity index (χ2v) is 4.26. The van der Waals surface area contributed by atoms with Gasteiger partial charge in [-0.3, -0.25) is 9.67 Å². The minimum atomic E-state index is 0.433. The number of fused-ring (bicyclic) bond motifs is 3. The van der Waals surface area contributed by atoms with Crippen LogP contribution in [-0.2, 0) is 0 Å². The molecule has 0 spiro atoms. The average molecular weight is 250 g/mol. The van der Waals surface area contributed by atoms with Crippen molar-refractivity contribution in [2.45, 2.75) is 0 Å². The SMILES string of the molecule is Nc1nc2ccccc2c2c1ncn2-c1cc[nH]n1. The number of para-hydroxylation sites is 1. The number of hydrogen-bond donors (Lipinski definition) is 2. The Kier molecular flexibility index (Phi) is 1.88. The average Bonchev–Trinajstić information content (AvgIpc) is 3.08. The number of H-pyrrole nitrogens is 1. The third-order valence-electron chi connectivity index (χ3n) is 3.14. The van der Waals surface area contributed by atoms with Gasteiger partial charge in [0.25, 0.3) is 0 Å². The van der Waals surface area contributed by atoms with Crippen molar-refractivity contribution in [1.29, 1.82) is 0 Å². The summed E-state index contributed by atoms with van der Waals surface area (Å²) in [6, 6.07) is 9.74. The smallest absolute Gasteiger partial charge is 0.160 e. The van der Waals surface area contributed by atoms with E-state index in [0.717, 1.165) is 22.2 Å². The second-order valence-electron chi connectivity index (χ2n) is 4.26. The number of nitrogen functional groups attached to an aromatic ring is 1. The Bertz CT molecular complexity index is 875. The highest BCUT2D eigenvalue weighted by Crippen LogP contribution is 2.28. The number of nitrogens with zero attached hydrogens (tertiary/aromatic N) is 4. The molecule has 4 aromatic rings. The van der Waals surface area contributed by atoms with E-state index in [9.17, 15) is 0 Å². The zero-order valence-electron chi connectivity index (χ0n) is 9.91. The maximum Gasteiger partial charge on any atom is 0.160 e. The number of aromatic nitrogens is 5. The van der Waals surface area contributed by atoms with Crippen molar-refractivity contribution in [2.75, 3.05) is 5.73 Å². The fourth-order valence-corrected chi connectivity index (χ4v) is 2.31. The molecule has 0 aliphatic carbocycles. The summed E-state index contributed by atoms with van der Waals surface area (Å²) in [6.07, 6.45) is 3.49. The normalized spacial score (nSPS) is 11.4. The van der Waals surface area contributed by atoms with E-state index in [2.05, 4.69) is 20.2 Å². The van der Waals surface area contributed by atoms with E-state index >= 15 is 0 Å². The van der Waals surface area contributed by atoms with Gasteiger partial charge in [0.1, 0.15) is 11.8 Å². The number of aromatic amines is 1. The first-order valence-electron chi connectivity index (χ1n) is 5.86. The molecule has 1 aromatic carbocycles. The molecule has 0 amide bonds. The number of rotatable bonds is 1. The van der Waals surface area contributed by atoms with Crippen LogP contribution in [0.1, 0.15) is 0 Å². The molecule has 4 rings (SSSR count). The predicted molar refractivity (Wildman–Crippen MR) is 72.9 cm³/mol. The number of anilines is 1. The Morgan fingerprint density at radius 3 is 2.89 bits per heavy atom. The van der Waals surface area contributed by atoms with Gasteiger partial charge >= 0.3 is 0 Å². The zero-order chi connectivity index (χ0) is 12.8. The van der Waals surface area contributed by atoms with E-state index in [0.29, 0.717) is 11.3 Å². The molecule has 92 valence electrons. The molecule has 0 aliphatic rings. The lowest BCUT2D eigenvalue weighted by atomic mass is 10.2. The molecular weight excluding hydrogens is 240 g/mol. The molecule has 0 saturated heterocycles. The molecule has 0 saturated carbocycles. The number of imidazole rings is 1.